The van der Waals surface area contributed by atoms with Crippen LogP contribution in [0.3, 0.4) is 0 Å². The molecule has 0 aromatic heterocycles. The number of carbonyl (C=O) groups excluding carboxylic acids is 1. The van der Waals surface area contributed by atoms with Crippen LogP contribution < -0.4 is 0 Å². The van der Waals surface area contributed by atoms with Gasteiger partial charge in [-0.1, -0.05) is 60.7 Å². The first-order chi connectivity index (χ1) is 16.5. The average molecular weight is 460 g/mol. The summed E-state index contributed by atoms with van der Waals surface area (Å²) in [5.41, 5.74) is 4.69. The Kier molecular flexibility index (Phi) is 7.60. The molecule has 0 spiro atoms. The molecule has 6 nitrogen and oxygen atoms in total. The predicted octanol–water partition coefficient (Wildman–Crippen LogP) is 5.68. The first-order valence-corrected chi connectivity index (χ1v) is 11.5. The Morgan fingerprint density at radius 2 is 1.71 bits per heavy atom. The van der Waals surface area contributed by atoms with E-state index in [2.05, 4.69) is 0 Å². The second-order valence-corrected chi connectivity index (χ2v) is 8.54. The van der Waals surface area contributed by atoms with Crippen LogP contribution in [0, 0.1) is 6.92 Å². The lowest BCUT2D eigenvalue weighted by Gasteiger charge is -2.24. The Morgan fingerprint density at radius 3 is 2.47 bits per heavy atom. The van der Waals surface area contributed by atoms with Crippen LogP contribution in [0.15, 0.2) is 72.8 Å². The summed E-state index contributed by atoms with van der Waals surface area (Å²) in [4.78, 5) is 26.1. The van der Waals surface area contributed by atoms with Crippen molar-refractivity contribution in [3.8, 4) is 11.1 Å². The molecule has 0 radical (unpaired) electrons. The smallest absolute Gasteiger partial charge is 0.410 e. The van der Waals surface area contributed by atoms with E-state index >= 15 is 0 Å². The summed E-state index contributed by atoms with van der Waals surface area (Å²) in [6.07, 6.45) is 1.47. The van der Waals surface area contributed by atoms with Crippen molar-refractivity contribution in [3.63, 3.8) is 0 Å². The third kappa shape index (κ3) is 5.64. The molecule has 1 N–H and O–H groups in total. The minimum absolute atomic E-state index is 0.0302. The number of likely N-dealkylation sites (tertiary alicyclic amines) is 1. The number of carbonyl (C=O) groups is 2. The quantitative estimate of drug-likeness (QED) is 0.469. The summed E-state index contributed by atoms with van der Waals surface area (Å²) in [6.45, 7) is 3.62. The highest BCUT2D eigenvalue weighted by Gasteiger charge is 2.30. The number of carboxylic acids is 1. The van der Waals surface area contributed by atoms with Crippen LogP contribution in [0.25, 0.3) is 11.1 Å². The van der Waals surface area contributed by atoms with Gasteiger partial charge in [0.15, 0.2) is 0 Å². The van der Waals surface area contributed by atoms with Gasteiger partial charge in [-0.05, 0) is 59.7 Å². The van der Waals surface area contributed by atoms with E-state index in [-0.39, 0.29) is 24.3 Å². The summed E-state index contributed by atoms with van der Waals surface area (Å²) in [6, 6.07) is 22.6. The predicted molar refractivity (Wildman–Crippen MR) is 130 cm³/mol. The number of aromatic carboxylic acids is 1. The van der Waals surface area contributed by atoms with Gasteiger partial charge < -0.3 is 19.5 Å². The van der Waals surface area contributed by atoms with Crippen LogP contribution in [0.5, 0.6) is 0 Å². The molecule has 6 heteroatoms. The van der Waals surface area contributed by atoms with Crippen LogP contribution in [0.1, 0.15) is 39.9 Å². The molecule has 0 saturated carbocycles. The lowest BCUT2D eigenvalue weighted by Crippen LogP contribution is -2.38. The molecule has 3 aromatic carbocycles. The highest BCUT2D eigenvalue weighted by molar-refractivity contribution is 5.96. The molecule has 0 unspecified atom stereocenters. The molecule has 4 rings (SSSR count). The van der Waals surface area contributed by atoms with Crippen LogP contribution in [0.2, 0.25) is 0 Å². The maximum absolute atomic E-state index is 12.6. The summed E-state index contributed by atoms with van der Waals surface area (Å²) >= 11 is 0. The van der Waals surface area contributed by atoms with Gasteiger partial charge >= 0.3 is 12.1 Å². The van der Waals surface area contributed by atoms with Crippen molar-refractivity contribution < 1.29 is 24.2 Å². The van der Waals surface area contributed by atoms with Gasteiger partial charge in [0.2, 0.25) is 0 Å². The standard InChI is InChI=1S/C28H29NO5/c1-20-8-5-6-12-24(20)26-16-22(13-14-25(26)27(30)31)17-33-19-23-11-7-15-29(23)28(32)34-18-21-9-3-2-4-10-21/h2-6,8-10,12-14,16,23H,7,11,15,17-19H2,1H3,(H,30,31)/t23-/m0/s1. The van der Waals surface area contributed by atoms with Gasteiger partial charge in [0.25, 0.3) is 0 Å². The number of nitrogens with zero attached hydrogens (tertiary/aromatic N) is 1. The second kappa shape index (κ2) is 11.0. The van der Waals surface area contributed by atoms with Gasteiger partial charge in [-0.2, -0.15) is 0 Å². The number of rotatable bonds is 8. The maximum atomic E-state index is 12.6. The molecule has 1 aliphatic heterocycles. The largest absolute Gasteiger partial charge is 0.478 e. The van der Waals surface area contributed by atoms with E-state index < -0.39 is 5.97 Å². The number of hydrogen-bond donors (Lipinski definition) is 1. The number of ether oxygens (including phenoxy) is 2. The molecule has 0 aliphatic carbocycles. The summed E-state index contributed by atoms with van der Waals surface area (Å²) in [5.74, 6) is -0.957. The Labute approximate surface area is 199 Å². The van der Waals surface area contributed by atoms with Crippen molar-refractivity contribution >= 4 is 12.1 Å². The molecule has 1 heterocycles. The molecule has 176 valence electrons. The Balaban J connectivity index is 1.37. The van der Waals surface area contributed by atoms with Gasteiger partial charge in [-0.25, -0.2) is 9.59 Å². The van der Waals surface area contributed by atoms with Crippen molar-refractivity contribution in [2.45, 2.75) is 39.0 Å². The van der Waals surface area contributed by atoms with Gasteiger partial charge in [-0.15, -0.1) is 0 Å². The molecule has 1 fully saturated rings. The van der Waals surface area contributed by atoms with E-state index in [1.807, 2.05) is 67.6 Å². The van der Waals surface area contributed by atoms with Crippen molar-refractivity contribution in [1.29, 1.82) is 0 Å². The average Bonchev–Trinajstić information content (AvgIpc) is 3.32. The molecule has 1 aliphatic rings. The molecule has 1 amide bonds. The van der Waals surface area contributed by atoms with Crippen molar-refractivity contribution in [3.05, 3.63) is 95.1 Å². The number of carboxylic acid groups (broad SMARTS) is 1. The van der Waals surface area contributed by atoms with Crippen LogP contribution >= 0.6 is 0 Å². The molecular formula is C28H29NO5. The van der Waals surface area contributed by atoms with Gasteiger partial charge in [0.1, 0.15) is 6.61 Å². The monoisotopic (exact) mass is 459 g/mol. The number of hydrogen-bond acceptors (Lipinski definition) is 4. The van der Waals surface area contributed by atoms with E-state index in [1.54, 1.807) is 17.0 Å². The van der Waals surface area contributed by atoms with Crippen molar-refractivity contribution in [2.75, 3.05) is 13.2 Å². The summed E-state index contributed by atoms with van der Waals surface area (Å²) in [5, 5.41) is 9.65. The minimum atomic E-state index is -0.957. The summed E-state index contributed by atoms with van der Waals surface area (Å²) in [7, 11) is 0. The van der Waals surface area contributed by atoms with E-state index in [4.69, 9.17) is 9.47 Å². The number of benzene rings is 3. The molecular weight excluding hydrogens is 430 g/mol. The number of aryl methyl sites for hydroxylation is 1. The first kappa shape index (κ1) is 23.5. The Hall–Kier alpha value is -3.64. The highest BCUT2D eigenvalue weighted by Crippen LogP contribution is 2.28. The van der Waals surface area contributed by atoms with Crippen LogP contribution in [-0.4, -0.2) is 41.3 Å². The fourth-order valence-corrected chi connectivity index (χ4v) is 4.33. The first-order valence-electron chi connectivity index (χ1n) is 11.5. The van der Waals surface area contributed by atoms with E-state index in [0.717, 1.165) is 35.1 Å². The van der Waals surface area contributed by atoms with Crippen molar-refractivity contribution in [1.82, 2.24) is 4.90 Å². The van der Waals surface area contributed by atoms with Gasteiger partial charge in [0, 0.05) is 6.54 Å². The highest BCUT2D eigenvalue weighted by atomic mass is 16.6. The molecule has 34 heavy (non-hydrogen) atoms. The molecule has 3 aromatic rings. The SMILES string of the molecule is Cc1ccccc1-c1cc(COC[C@@H]2CCCN2C(=O)OCc2ccccc2)ccc1C(=O)O. The second-order valence-electron chi connectivity index (χ2n) is 8.54. The minimum Gasteiger partial charge on any atom is -0.478 e. The topological polar surface area (TPSA) is 76.1 Å². The fourth-order valence-electron chi connectivity index (χ4n) is 4.33. The van der Waals surface area contributed by atoms with E-state index in [9.17, 15) is 14.7 Å². The fraction of sp³-hybridized carbons (Fsp3) is 0.286. The third-order valence-corrected chi connectivity index (χ3v) is 6.15. The van der Waals surface area contributed by atoms with Crippen LogP contribution in [-0.2, 0) is 22.7 Å². The molecule has 0 bridgehead atoms. The lowest BCUT2D eigenvalue weighted by atomic mass is 9.94. The lowest BCUT2D eigenvalue weighted by molar-refractivity contribution is 0.0493. The van der Waals surface area contributed by atoms with E-state index in [1.165, 1.54) is 0 Å². The maximum Gasteiger partial charge on any atom is 0.410 e. The zero-order valence-corrected chi connectivity index (χ0v) is 19.3. The van der Waals surface area contributed by atoms with Gasteiger partial charge in [-0.3, -0.25) is 0 Å². The van der Waals surface area contributed by atoms with Gasteiger partial charge in [0.05, 0.1) is 24.8 Å². The molecule has 1 saturated heterocycles. The normalized spacial score (nSPS) is 15.3. The van der Waals surface area contributed by atoms with E-state index in [0.29, 0.717) is 25.3 Å². The Morgan fingerprint density at radius 1 is 0.941 bits per heavy atom. The zero-order chi connectivity index (χ0) is 23.9. The summed E-state index contributed by atoms with van der Waals surface area (Å²) < 4.78 is 11.5. The third-order valence-electron chi connectivity index (χ3n) is 6.15. The van der Waals surface area contributed by atoms with Crippen molar-refractivity contribution in [2.24, 2.45) is 0 Å². The number of amides is 1. The van der Waals surface area contributed by atoms with Crippen LogP contribution in [0.4, 0.5) is 4.79 Å². The molecule has 1 atom stereocenters. The zero-order valence-electron chi connectivity index (χ0n) is 19.3. The Bertz CT molecular complexity index is 1140.